The number of alkyl halides is 3. The number of aromatic nitrogens is 2. The minimum atomic E-state index is -4.62. The molecule has 0 unspecified atom stereocenters. The van der Waals surface area contributed by atoms with Crippen LogP contribution in [0, 0.1) is 11.3 Å². The van der Waals surface area contributed by atoms with Gasteiger partial charge in [-0.05, 0) is 24.3 Å². The van der Waals surface area contributed by atoms with E-state index in [1.165, 1.54) is 7.11 Å². The first-order valence-electron chi connectivity index (χ1n) is 7.83. The van der Waals surface area contributed by atoms with Gasteiger partial charge in [-0.3, -0.25) is 0 Å². The van der Waals surface area contributed by atoms with Gasteiger partial charge in [-0.25, -0.2) is 4.68 Å². The third-order valence-electron chi connectivity index (χ3n) is 3.82. The molecular weight excluding hydrogens is 448 g/mol. The van der Waals surface area contributed by atoms with Gasteiger partial charge in [0.05, 0.1) is 32.5 Å². The van der Waals surface area contributed by atoms with E-state index in [1.54, 1.807) is 24.3 Å². The monoisotopic (exact) mass is 458 g/mol. The standard InChI is InChI=1S/C18H11Cl2F3N4OS/c1-28-13-4-2-3-5-14(13)29-16-12(8-24)26-27(17(16)25)15-10(19)6-9(7-11(15)20)18(21,22)23/h2-7H,25H2,1H3. The lowest BCUT2D eigenvalue weighted by Gasteiger charge is -2.13. The summed E-state index contributed by atoms with van der Waals surface area (Å²) in [7, 11) is 1.50. The van der Waals surface area contributed by atoms with Gasteiger partial charge in [-0.2, -0.15) is 23.5 Å². The number of nitrogen functional groups attached to an aromatic ring is 1. The summed E-state index contributed by atoms with van der Waals surface area (Å²) in [5, 5.41) is 12.9. The number of hydrogen-bond donors (Lipinski definition) is 1. The SMILES string of the molecule is COc1ccccc1Sc1c(C#N)nn(-c2c(Cl)cc(C(F)(F)F)cc2Cl)c1N. The normalized spacial score (nSPS) is 11.3. The highest BCUT2D eigenvalue weighted by Crippen LogP contribution is 2.43. The predicted molar refractivity (Wildman–Crippen MR) is 105 cm³/mol. The van der Waals surface area contributed by atoms with E-state index in [2.05, 4.69) is 5.10 Å². The minimum absolute atomic E-state index is 0.000940. The fourth-order valence-corrected chi connectivity index (χ4v) is 4.15. The van der Waals surface area contributed by atoms with Crippen LogP contribution in [-0.2, 0) is 6.18 Å². The van der Waals surface area contributed by atoms with Gasteiger partial charge in [0.15, 0.2) is 5.69 Å². The van der Waals surface area contributed by atoms with E-state index < -0.39 is 11.7 Å². The molecule has 11 heteroatoms. The number of methoxy groups -OCH3 is 1. The number of halogens is 5. The molecular formula is C18H11Cl2F3N4OS. The number of hydrogen-bond acceptors (Lipinski definition) is 5. The number of para-hydroxylation sites is 1. The summed E-state index contributed by atoms with van der Waals surface area (Å²) >= 11 is 13.2. The zero-order valence-electron chi connectivity index (χ0n) is 14.6. The van der Waals surface area contributed by atoms with Crippen LogP contribution < -0.4 is 10.5 Å². The molecule has 1 aromatic heterocycles. The van der Waals surface area contributed by atoms with Gasteiger partial charge >= 0.3 is 6.18 Å². The van der Waals surface area contributed by atoms with Gasteiger partial charge in [-0.15, -0.1) is 0 Å². The van der Waals surface area contributed by atoms with Crippen LogP contribution >= 0.6 is 35.0 Å². The van der Waals surface area contributed by atoms with E-state index in [-0.39, 0.29) is 27.2 Å². The summed E-state index contributed by atoms with van der Waals surface area (Å²) < 4.78 is 45.3. The van der Waals surface area contributed by atoms with Crippen LogP contribution in [0.25, 0.3) is 5.69 Å². The third kappa shape index (κ3) is 4.10. The van der Waals surface area contributed by atoms with Gasteiger partial charge in [0.25, 0.3) is 0 Å². The zero-order valence-corrected chi connectivity index (χ0v) is 16.9. The van der Waals surface area contributed by atoms with Crippen LogP contribution in [0.4, 0.5) is 19.0 Å². The lowest BCUT2D eigenvalue weighted by Crippen LogP contribution is -2.08. The van der Waals surface area contributed by atoms with Crippen LogP contribution in [0.5, 0.6) is 5.75 Å². The number of nitriles is 1. The molecule has 5 nitrogen and oxygen atoms in total. The molecule has 29 heavy (non-hydrogen) atoms. The average Bonchev–Trinajstić information content (AvgIpc) is 2.97. The number of benzene rings is 2. The van der Waals surface area contributed by atoms with Gasteiger partial charge in [0.1, 0.15) is 23.3 Å². The molecule has 0 aliphatic carbocycles. The Bertz CT molecular complexity index is 1100. The first kappa shape index (κ1) is 21.2. The average molecular weight is 459 g/mol. The number of ether oxygens (including phenoxy) is 1. The van der Waals surface area contributed by atoms with Gasteiger partial charge in [-0.1, -0.05) is 47.1 Å². The van der Waals surface area contributed by atoms with Crippen molar-refractivity contribution in [2.24, 2.45) is 0 Å². The maximum Gasteiger partial charge on any atom is 0.416 e. The predicted octanol–water partition coefficient (Wildman–Crippen LogP) is 5.81. The molecule has 0 aliphatic rings. The summed E-state index contributed by atoms with van der Waals surface area (Å²) in [5.74, 6) is 0.556. The molecule has 1 heterocycles. The van der Waals surface area contributed by atoms with Crippen LogP contribution in [0.15, 0.2) is 46.2 Å². The lowest BCUT2D eigenvalue weighted by atomic mass is 10.2. The number of anilines is 1. The highest BCUT2D eigenvalue weighted by molar-refractivity contribution is 7.99. The molecule has 0 saturated carbocycles. The Hall–Kier alpha value is -2.54. The Kier molecular flexibility index (Phi) is 5.89. The number of nitrogens with zero attached hydrogens (tertiary/aromatic N) is 3. The number of rotatable bonds is 4. The van der Waals surface area contributed by atoms with Crippen molar-refractivity contribution in [2.75, 3.05) is 12.8 Å². The summed E-state index contributed by atoms with van der Waals surface area (Å²) in [6.45, 7) is 0. The van der Waals surface area contributed by atoms with Crippen LogP contribution in [0.1, 0.15) is 11.3 Å². The second kappa shape index (κ2) is 8.06. The molecule has 0 amide bonds. The van der Waals surface area contributed by atoms with Crippen molar-refractivity contribution < 1.29 is 17.9 Å². The molecule has 0 spiro atoms. The van der Waals surface area contributed by atoms with E-state index in [0.29, 0.717) is 15.5 Å². The van der Waals surface area contributed by atoms with E-state index >= 15 is 0 Å². The maximum absolute atomic E-state index is 13.0. The molecule has 0 aliphatic heterocycles. The van der Waals surface area contributed by atoms with Crippen molar-refractivity contribution in [3.63, 3.8) is 0 Å². The topological polar surface area (TPSA) is 76.9 Å². The molecule has 0 bridgehead atoms. The largest absolute Gasteiger partial charge is 0.496 e. The minimum Gasteiger partial charge on any atom is -0.496 e. The van der Waals surface area contributed by atoms with Crippen molar-refractivity contribution in [3.8, 4) is 17.5 Å². The smallest absolute Gasteiger partial charge is 0.416 e. The first-order chi connectivity index (χ1) is 13.7. The quantitative estimate of drug-likeness (QED) is 0.533. The van der Waals surface area contributed by atoms with E-state index in [9.17, 15) is 18.4 Å². The Morgan fingerprint density at radius 1 is 1.21 bits per heavy atom. The summed E-state index contributed by atoms with van der Waals surface area (Å²) in [6.07, 6.45) is -4.62. The van der Waals surface area contributed by atoms with Crippen molar-refractivity contribution in [2.45, 2.75) is 16.0 Å². The zero-order chi connectivity index (χ0) is 21.3. The Balaban J connectivity index is 2.13. The van der Waals surface area contributed by atoms with E-state index in [1.807, 2.05) is 6.07 Å². The van der Waals surface area contributed by atoms with Crippen LogP contribution in [0.3, 0.4) is 0 Å². The molecule has 0 atom stereocenters. The van der Waals surface area contributed by atoms with E-state index in [4.69, 9.17) is 33.7 Å². The van der Waals surface area contributed by atoms with E-state index in [0.717, 1.165) is 28.6 Å². The molecule has 2 N–H and O–H groups in total. The maximum atomic E-state index is 13.0. The fraction of sp³-hybridized carbons (Fsp3) is 0.111. The van der Waals surface area contributed by atoms with Crippen LogP contribution in [-0.4, -0.2) is 16.9 Å². The third-order valence-corrected chi connectivity index (χ3v) is 5.56. The first-order valence-corrected chi connectivity index (χ1v) is 9.40. The highest BCUT2D eigenvalue weighted by atomic mass is 35.5. The van der Waals surface area contributed by atoms with Gasteiger partial charge in [0, 0.05) is 0 Å². The second-order valence-electron chi connectivity index (χ2n) is 5.63. The Morgan fingerprint density at radius 2 is 1.83 bits per heavy atom. The molecule has 150 valence electrons. The molecule has 3 aromatic rings. The van der Waals surface area contributed by atoms with Crippen molar-refractivity contribution in [3.05, 3.63) is 57.7 Å². The molecule has 3 rings (SSSR count). The van der Waals surface area contributed by atoms with Gasteiger partial charge < -0.3 is 10.5 Å². The molecule has 0 fully saturated rings. The van der Waals surface area contributed by atoms with Gasteiger partial charge in [0.2, 0.25) is 0 Å². The second-order valence-corrected chi connectivity index (χ2v) is 7.49. The van der Waals surface area contributed by atoms with Crippen molar-refractivity contribution in [1.29, 1.82) is 5.26 Å². The lowest BCUT2D eigenvalue weighted by molar-refractivity contribution is -0.137. The molecule has 0 radical (unpaired) electrons. The van der Waals surface area contributed by atoms with Crippen molar-refractivity contribution >= 4 is 40.8 Å². The summed E-state index contributed by atoms with van der Waals surface area (Å²) in [4.78, 5) is 0.964. The molecule has 0 saturated heterocycles. The number of nitrogens with two attached hydrogens (primary N) is 1. The Labute approximate surface area is 177 Å². The highest BCUT2D eigenvalue weighted by Gasteiger charge is 2.33. The Morgan fingerprint density at radius 3 is 2.38 bits per heavy atom. The van der Waals surface area contributed by atoms with Crippen molar-refractivity contribution in [1.82, 2.24) is 9.78 Å². The van der Waals surface area contributed by atoms with Crippen LogP contribution in [0.2, 0.25) is 10.0 Å². The molecule has 2 aromatic carbocycles. The summed E-state index contributed by atoms with van der Waals surface area (Å²) in [5.41, 5.74) is 5.06. The fourth-order valence-electron chi connectivity index (χ4n) is 2.51. The summed E-state index contributed by atoms with van der Waals surface area (Å²) in [6, 6.07) is 10.4.